The maximum atomic E-state index is 12.3. The maximum Gasteiger partial charge on any atom is 0.252 e. The molecule has 0 fully saturated rings. The average molecular weight is 464 g/mol. The first-order valence-electron chi connectivity index (χ1n) is 8.59. The first-order valence-corrected chi connectivity index (χ1v) is 9.38. The first kappa shape index (κ1) is 22.2. The maximum absolute atomic E-state index is 12.3. The summed E-state index contributed by atoms with van der Waals surface area (Å²) in [7, 11) is 4.62. The summed E-state index contributed by atoms with van der Waals surface area (Å²) < 4.78 is 16.2. The summed E-state index contributed by atoms with van der Waals surface area (Å²) in [6, 6.07) is 10.2. The summed E-state index contributed by atoms with van der Waals surface area (Å²) >= 11 is 3.41. The molecule has 2 aromatic rings. The Labute approximate surface area is 177 Å². The van der Waals surface area contributed by atoms with Crippen LogP contribution in [0.2, 0.25) is 0 Å². The highest BCUT2D eigenvalue weighted by atomic mass is 79.9. The van der Waals surface area contributed by atoms with Crippen LogP contribution in [0.15, 0.2) is 46.0 Å². The molecule has 29 heavy (non-hydrogen) atoms. The van der Waals surface area contributed by atoms with Gasteiger partial charge in [0, 0.05) is 15.7 Å². The monoisotopic (exact) mass is 463 g/mol. The van der Waals surface area contributed by atoms with Gasteiger partial charge >= 0.3 is 0 Å². The van der Waals surface area contributed by atoms with Gasteiger partial charge in [-0.05, 0) is 59.3 Å². The molecule has 0 aliphatic rings. The number of nitrogens with zero attached hydrogens (tertiary/aromatic N) is 1. The van der Waals surface area contributed by atoms with Crippen LogP contribution in [0.1, 0.15) is 12.5 Å². The highest BCUT2D eigenvalue weighted by Gasteiger charge is 2.21. The summed E-state index contributed by atoms with van der Waals surface area (Å²) in [5.74, 6) is -0.174. The Morgan fingerprint density at radius 1 is 1.00 bits per heavy atom. The highest BCUT2D eigenvalue weighted by molar-refractivity contribution is 9.10. The largest absolute Gasteiger partial charge is 0.497 e. The van der Waals surface area contributed by atoms with Gasteiger partial charge < -0.3 is 19.5 Å². The summed E-state index contributed by atoms with van der Waals surface area (Å²) in [6.07, 6.45) is 1.44. The van der Waals surface area contributed by atoms with Crippen LogP contribution in [-0.2, 0) is 9.59 Å². The van der Waals surface area contributed by atoms with Crippen molar-refractivity contribution in [2.75, 3.05) is 26.6 Å². The highest BCUT2D eigenvalue weighted by Crippen LogP contribution is 2.32. The zero-order valence-electron chi connectivity index (χ0n) is 16.5. The van der Waals surface area contributed by atoms with E-state index in [4.69, 9.17) is 14.2 Å². The third kappa shape index (κ3) is 5.95. The minimum atomic E-state index is -0.942. The quantitative estimate of drug-likeness (QED) is 0.355. The molecule has 0 radical (unpaired) electrons. The topological polar surface area (TPSA) is 98.2 Å². The fraction of sp³-hybridized carbons (Fsp3) is 0.250. The van der Waals surface area contributed by atoms with Crippen molar-refractivity contribution < 1.29 is 23.8 Å². The zero-order chi connectivity index (χ0) is 21.4. The standard InChI is InChI=1S/C20H22BrN3O5/c1-12(19(25)23-14-5-7-15(27-2)8-6-14)20(26)24-22-11-13-9-17(28-3)18(29-4)10-16(13)21/h5-12H,1-4H3,(H,23,25)(H,24,26). The van der Waals surface area contributed by atoms with Crippen LogP contribution in [0.25, 0.3) is 0 Å². The van der Waals surface area contributed by atoms with Gasteiger partial charge in [0.25, 0.3) is 5.91 Å². The normalized spacial score (nSPS) is 11.6. The number of hydrogen-bond acceptors (Lipinski definition) is 6. The molecule has 0 spiro atoms. The van der Waals surface area contributed by atoms with Gasteiger partial charge in [-0.25, -0.2) is 5.43 Å². The molecular weight excluding hydrogens is 442 g/mol. The summed E-state index contributed by atoms with van der Waals surface area (Å²) in [5, 5.41) is 6.59. The van der Waals surface area contributed by atoms with Gasteiger partial charge in [-0.1, -0.05) is 0 Å². The minimum Gasteiger partial charge on any atom is -0.497 e. The number of rotatable bonds is 8. The third-order valence-corrected chi connectivity index (χ3v) is 4.71. The van der Waals surface area contributed by atoms with Gasteiger partial charge in [0.15, 0.2) is 11.5 Å². The van der Waals surface area contributed by atoms with E-state index in [9.17, 15) is 9.59 Å². The fourth-order valence-corrected chi connectivity index (χ4v) is 2.70. The number of benzene rings is 2. The predicted molar refractivity (Wildman–Crippen MR) is 114 cm³/mol. The molecule has 2 aromatic carbocycles. The van der Waals surface area contributed by atoms with Crippen molar-refractivity contribution >= 4 is 39.6 Å². The van der Waals surface area contributed by atoms with E-state index < -0.39 is 17.7 Å². The van der Waals surface area contributed by atoms with Crippen LogP contribution in [-0.4, -0.2) is 39.4 Å². The summed E-state index contributed by atoms with van der Waals surface area (Å²) in [6.45, 7) is 1.50. The summed E-state index contributed by atoms with van der Waals surface area (Å²) in [4.78, 5) is 24.5. The molecule has 2 N–H and O–H groups in total. The molecule has 2 amide bonds. The molecule has 8 nitrogen and oxygen atoms in total. The second-order valence-corrected chi connectivity index (χ2v) is 6.76. The van der Waals surface area contributed by atoms with E-state index in [2.05, 4.69) is 31.8 Å². The molecule has 154 valence electrons. The molecule has 1 unspecified atom stereocenters. The Bertz CT molecular complexity index is 900. The Kier molecular flexibility index (Phi) is 8.02. The van der Waals surface area contributed by atoms with Crippen LogP contribution >= 0.6 is 15.9 Å². The van der Waals surface area contributed by atoms with E-state index in [1.54, 1.807) is 43.5 Å². The van der Waals surface area contributed by atoms with Gasteiger partial charge in [-0.15, -0.1) is 0 Å². The number of carbonyl (C=O) groups excluding carboxylic acids is 2. The number of halogens is 1. The number of methoxy groups -OCH3 is 3. The lowest BCUT2D eigenvalue weighted by Gasteiger charge is -2.11. The Balaban J connectivity index is 1.97. The molecule has 2 rings (SSSR count). The van der Waals surface area contributed by atoms with Crippen molar-refractivity contribution in [3.63, 3.8) is 0 Å². The molecule has 0 saturated heterocycles. The second-order valence-electron chi connectivity index (χ2n) is 5.90. The minimum absolute atomic E-state index is 0.449. The molecule has 1 atom stereocenters. The number of anilines is 1. The molecule has 0 aliphatic heterocycles. The zero-order valence-corrected chi connectivity index (χ0v) is 18.1. The van der Waals surface area contributed by atoms with E-state index >= 15 is 0 Å². The van der Waals surface area contributed by atoms with Crippen LogP contribution in [0, 0.1) is 5.92 Å². The van der Waals surface area contributed by atoms with Crippen LogP contribution in [0.5, 0.6) is 17.2 Å². The molecular formula is C20H22BrN3O5. The Hall–Kier alpha value is -3.07. The van der Waals surface area contributed by atoms with Gasteiger partial charge in [0.2, 0.25) is 5.91 Å². The van der Waals surface area contributed by atoms with E-state index in [0.29, 0.717) is 33.0 Å². The fourth-order valence-electron chi connectivity index (χ4n) is 2.28. The molecule has 0 heterocycles. The second kappa shape index (κ2) is 10.5. The molecule has 9 heteroatoms. The first-order chi connectivity index (χ1) is 13.9. The van der Waals surface area contributed by atoms with Gasteiger partial charge in [-0.3, -0.25) is 9.59 Å². The smallest absolute Gasteiger partial charge is 0.252 e. The summed E-state index contributed by atoms with van der Waals surface area (Å²) in [5.41, 5.74) is 3.59. The Morgan fingerprint density at radius 3 is 2.21 bits per heavy atom. The van der Waals surface area contributed by atoms with Crippen molar-refractivity contribution in [2.45, 2.75) is 6.92 Å². The van der Waals surface area contributed by atoms with E-state index in [-0.39, 0.29) is 0 Å². The van der Waals surface area contributed by atoms with Crippen molar-refractivity contribution in [2.24, 2.45) is 11.0 Å². The lowest BCUT2D eigenvalue weighted by atomic mass is 10.1. The third-order valence-electron chi connectivity index (χ3n) is 4.03. The molecule has 0 saturated carbocycles. The van der Waals surface area contributed by atoms with Crippen LogP contribution < -0.4 is 25.0 Å². The van der Waals surface area contributed by atoms with Crippen molar-refractivity contribution in [3.8, 4) is 17.2 Å². The van der Waals surface area contributed by atoms with Gasteiger partial charge in [0.05, 0.1) is 27.5 Å². The van der Waals surface area contributed by atoms with Crippen molar-refractivity contribution in [3.05, 3.63) is 46.4 Å². The Morgan fingerprint density at radius 2 is 1.62 bits per heavy atom. The lowest BCUT2D eigenvalue weighted by molar-refractivity contribution is -0.131. The number of hydrogen-bond donors (Lipinski definition) is 2. The molecule has 0 aromatic heterocycles. The van der Waals surface area contributed by atoms with Crippen molar-refractivity contribution in [1.82, 2.24) is 5.43 Å². The lowest BCUT2D eigenvalue weighted by Crippen LogP contribution is -2.34. The van der Waals surface area contributed by atoms with Crippen LogP contribution in [0.3, 0.4) is 0 Å². The van der Waals surface area contributed by atoms with E-state index in [1.807, 2.05) is 0 Å². The predicted octanol–water partition coefficient (Wildman–Crippen LogP) is 3.20. The van der Waals surface area contributed by atoms with Crippen molar-refractivity contribution in [1.29, 1.82) is 0 Å². The average Bonchev–Trinajstić information content (AvgIpc) is 2.74. The van der Waals surface area contributed by atoms with Crippen LogP contribution in [0.4, 0.5) is 5.69 Å². The number of nitrogens with one attached hydrogen (secondary N) is 2. The number of hydrazone groups is 1. The van der Waals surface area contributed by atoms with Gasteiger partial charge in [0.1, 0.15) is 11.7 Å². The number of ether oxygens (including phenoxy) is 3. The number of carbonyl (C=O) groups is 2. The number of amides is 2. The van der Waals surface area contributed by atoms with E-state index in [0.717, 1.165) is 0 Å². The molecule has 0 aliphatic carbocycles. The SMILES string of the molecule is COc1ccc(NC(=O)C(C)C(=O)NN=Cc2cc(OC)c(OC)cc2Br)cc1. The van der Waals surface area contributed by atoms with Gasteiger partial charge in [-0.2, -0.15) is 5.10 Å². The van der Waals surface area contributed by atoms with E-state index in [1.165, 1.54) is 27.4 Å². The molecule has 0 bridgehead atoms.